The number of aromatic nitrogens is 2. The second-order valence-corrected chi connectivity index (χ2v) is 6.12. The molecule has 1 amide bonds. The summed E-state index contributed by atoms with van der Waals surface area (Å²) in [7, 11) is 0. The Hall–Kier alpha value is -1.37. The first-order valence-corrected chi connectivity index (χ1v) is 8.17. The van der Waals surface area contributed by atoms with Crippen LogP contribution in [0.15, 0.2) is 15.5 Å². The van der Waals surface area contributed by atoms with E-state index in [-0.39, 0.29) is 11.5 Å². The summed E-state index contributed by atoms with van der Waals surface area (Å²) in [6.07, 6.45) is 5.29. The van der Waals surface area contributed by atoms with Crippen LogP contribution >= 0.6 is 15.9 Å². The third-order valence-electron chi connectivity index (χ3n) is 3.35. The van der Waals surface area contributed by atoms with Crippen molar-refractivity contribution in [2.45, 2.75) is 39.2 Å². The van der Waals surface area contributed by atoms with Crippen LogP contribution < -0.4 is 16.2 Å². The number of amides is 1. The molecule has 1 aliphatic carbocycles. The van der Waals surface area contributed by atoms with Crippen molar-refractivity contribution in [2.24, 2.45) is 5.92 Å². The fraction of sp³-hybridized carbons (Fsp3) is 0.643. The summed E-state index contributed by atoms with van der Waals surface area (Å²) in [5.74, 6) is 0.610. The predicted octanol–water partition coefficient (Wildman–Crippen LogP) is 1.74. The zero-order valence-corrected chi connectivity index (χ0v) is 13.8. The fourth-order valence-electron chi connectivity index (χ4n) is 1.93. The highest BCUT2D eigenvalue weighted by Crippen LogP contribution is 2.30. The number of nitrogens with one attached hydrogen (secondary N) is 2. The van der Waals surface area contributed by atoms with Crippen LogP contribution in [0.2, 0.25) is 0 Å². The van der Waals surface area contributed by atoms with E-state index in [1.807, 2.05) is 6.92 Å². The molecule has 1 aliphatic rings. The standard InChI is InChI=1S/C14H21BrN4O2/c1-2-6-17-12(20)5-7-16-11-8-18-19(9-10-3-4-10)14(21)13(11)15/h8,10,16H,2-7,9H2,1H3,(H,17,20). The number of hydrogen-bond acceptors (Lipinski definition) is 4. The maximum atomic E-state index is 12.1. The smallest absolute Gasteiger partial charge is 0.283 e. The summed E-state index contributed by atoms with van der Waals surface area (Å²) < 4.78 is 1.98. The SMILES string of the molecule is CCCNC(=O)CCNc1cnn(CC2CC2)c(=O)c1Br. The van der Waals surface area contributed by atoms with Gasteiger partial charge in [-0.15, -0.1) is 0 Å². The molecule has 1 aromatic heterocycles. The van der Waals surface area contributed by atoms with Crippen LogP contribution in [0.3, 0.4) is 0 Å². The molecule has 0 bridgehead atoms. The van der Waals surface area contributed by atoms with Crippen molar-refractivity contribution < 1.29 is 4.79 Å². The Kier molecular flexibility index (Phi) is 5.78. The van der Waals surface area contributed by atoms with Gasteiger partial charge in [0.05, 0.1) is 11.9 Å². The lowest BCUT2D eigenvalue weighted by molar-refractivity contribution is -0.120. The van der Waals surface area contributed by atoms with Gasteiger partial charge in [-0.25, -0.2) is 4.68 Å². The summed E-state index contributed by atoms with van der Waals surface area (Å²) in [6.45, 7) is 3.87. The van der Waals surface area contributed by atoms with Crippen LogP contribution in [-0.4, -0.2) is 28.8 Å². The summed E-state index contributed by atoms with van der Waals surface area (Å²) in [6, 6.07) is 0. The zero-order valence-electron chi connectivity index (χ0n) is 12.2. The van der Waals surface area contributed by atoms with E-state index in [1.165, 1.54) is 17.5 Å². The fourth-order valence-corrected chi connectivity index (χ4v) is 2.37. The quantitative estimate of drug-likeness (QED) is 0.743. The third kappa shape index (κ3) is 4.84. The number of nitrogens with zero attached hydrogens (tertiary/aromatic N) is 2. The molecule has 0 unspecified atom stereocenters. The number of rotatable bonds is 8. The van der Waals surface area contributed by atoms with Crippen LogP contribution in [0.25, 0.3) is 0 Å². The Morgan fingerprint density at radius 3 is 2.90 bits per heavy atom. The number of carbonyl (C=O) groups is 1. The van der Waals surface area contributed by atoms with Gasteiger partial charge in [-0.3, -0.25) is 9.59 Å². The average Bonchev–Trinajstić information content (AvgIpc) is 3.28. The number of halogens is 1. The molecule has 1 saturated carbocycles. The van der Waals surface area contributed by atoms with E-state index >= 15 is 0 Å². The van der Waals surface area contributed by atoms with E-state index in [2.05, 4.69) is 31.7 Å². The molecule has 0 saturated heterocycles. The first-order valence-electron chi connectivity index (χ1n) is 7.38. The summed E-state index contributed by atoms with van der Waals surface area (Å²) in [4.78, 5) is 23.6. The van der Waals surface area contributed by atoms with Crippen molar-refractivity contribution >= 4 is 27.5 Å². The maximum Gasteiger partial charge on any atom is 0.283 e. The normalized spacial score (nSPS) is 14.0. The first kappa shape index (κ1) is 16.0. The molecular weight excluding hydrogens is 336 g/mol. The summed E-state index contributed by atoms with van der Waals surface area (Å²) in [5.41, 5.74) is 0.512. The largest absolute Gasteiger partial charge is 0.382 e. The topological polar surface area (TPSA) is 76.0 Å². The molecule has 0 aliphatic heterocycles. The van der Waals surface area contributed by atoms with Crippen LogP contribution in [0.4, 0.5) is 5.69 Å². The highest BCUT2D eigenvalue weighted by Gasteiger charge is 2.23. The van der Waals surface area contributed by atoms with Crippen molar-refractivity contribution in [1.29, 1.82) is 0 Å². The molecule has 21 heavy (non-hydrogen) atoms. The Morgan fingerprint density at radius 1 is 1.48 bits per heavy atom. The van der Waals surface area contributed by atoms with E-state index in [4.69, 9.17) is 0 Å². The van der Waals surface area contributed by atoms with Gasteiger partial charge in [0.25, 0.3) is 5.56 Å². The van der Waals surface area contributed by atoms with Crippen molar-refractivity contribution in [3.63, 3.8) is 0 Å². The molecule has 0 aromatic carbocycles. The van der Waals surface area contributed by atoms with Gasteiger partial charge in [0.15, 0.2) is 0 Å². The second kappa shape index (κ2) is 7.59. The number of anilines is 1. The molecule has 0 radical (unpaired) electrons. The second-order valence-electron chi connectivity index (χ2n) is 5.33. The van der Waals surface area contributed by atoms with Gasteiger partial charge in [0.1, 0.15) is 4.47 Å². The lowest BCUT2D eigenvalue weighted by Crippen LogP contribution is -2.27. The van der Waals surface area contributed by atoms with E-state index in [1.54, 1.807) is 6.20 Å². The Balaban J connectivity index is 1.87. The summed E-state index contributed by atoms with van der Waals surface area (Å²) in [5, 5.41) is 10.1. The van der Waals surface area contributed by atoms with E-state index in [9.17, 15) is 9.59 Å². The zero-order chi connectivity index (χ0) is 15.2. The Bertz CT molecular complexity index is 554. The van der Waals surface area contributed by atoms with Gasteiger partial charge < -0.3 is 10.6 Å². The molecule has 0 spiro atoms. The van der Waals surface area contributed by atoms with Gasteiger partial charge in [-0.2, -0.15) is 5.10 Å². The highest BCUT2D eigenvalue weighted by atomic mass is 79.9. The van der Waals surface area contributed by atoms with Gasteiger partial charge in [-0.05, 0) is 41.1 Å². The minimum absolute atomic E-state index is 0.00973. The third-order valence-corrected chi connectivity index (χ3v) is 4.12. The molecular formula is C14H21BrN4O2. The van der Waals surface area contributed by atoms with Gasteiger partial charge in [0.2, 0.25) is 5.91 Å². The van der Waals surface area contributed by atoms with E-state index in [0.29, 0.717) is 42.1 Å². The van der Waals surface area contributed by atoms with Crippen molar-refractivity contribution in [1.82, 2.24) is 15.1 Å². The molecule has 6 nitrogen and oxygen atoms in total. The first-order chi connectivity index (χ1) is 10.1. The van der Waals surface area contributed by atoms with Gasteiger partial charge in [-0.1, -0.05) is 6.92 Å². The molecule has 2 rings (SSSR count). The molecule has 2 N–H and O–H groups in total. The highest BCUT2D eigenvalue weighted by molar-refractivity contribution is 9.10. The van der Waals surface area contributed by atoms with Crippen molar-refractivity contribution in [2.75, 3.05) is 18.4 Å². The molecule has 0 atom stereocenters. The van der Waals surface area contributed by atoms with Crippen LogP contribution in [-0.2, 0) is 11.3 Å². The van der Waals surface area contributed by atoms with Gasteiger partial charge in [0, 0.05) is 26.1 Å². The van der Waals surface area contributed by atoms with Crippen LogP contribution in [0, 0.1) is 5.92 Å². The lowest BCUT2D eigenvalue weighted by atomic mass is 10.3. The molecule has 1 fully saturated rings. The average molecular weight is 357 g/mol. The Labute approximate surface area is 132 Å². The molecule has 7 heteroatoms. The minimum atomic E-state index is -0.123. The van der Waals surface area contributed by atoms with E-state index < -0.39 is 0 Å². The molecule has 116 valence electrons. The summed E-state index contributed by atoms with van der Waals surface area (Å²) >= 11 is 3.31. The van der Waals surface area contributed by atoms with Crippen LogP contribution in [0.5, 0.6) is 0 Å². The van der Waals surface area contributed by atoms with E-state index in [0.717, 1.165) is 6.42 Å². The predicted molar refractivity (Wildman–Crippen MR) is 85.3 cm³/mol. The monoisotopic (exact) mass is 356 g/mol. The lowest BCUT2D eigenvalue weighted by Gasteiger charge is -2.10. The number of carbonyl (C=O) groups excluding carboxylic acids is 1. The molecule has 1 aromatic rings. The maximum absolute atomic E-state index is 12.1. The molecule has 1 heterocycles. The Morgan fingerprint density at radius 2 is 2.24 bits per heavy atom. The van der Waals surface area contributed by atoms with Crippen molar-refractivity contribution in [3.8, 4) is 0 Å². The van der Waals surface area contributed by atoms with Gasteiger partial charge >= 0.3 is 0 Å². The van der Waals surface area contributed by atoms with Crippen molar-refractivity contribution in [3.05, 3.63) is 21.0 Å². The minimum Gasteiger partial charge on any atom is -0.382 e. The van der Waals surface area contributed by atoms with Crippen LogP contribution in [0.1, 0.15) is 32.6 Å². The number of hydrogen-bond donors (Lipinski definition) is 2.